The van der Waals surface area contributed by atoms with Crippen LogP contribution in [0.4, 0.5) is 0 Å². The molecule has 3 rings (SSSR count). The first-order valence-electron chi connectivity index (χ1n) is 8.11. The minimum Gasteiger partial charge on any atom is -0.384 e. The molecule has 0 unspecified atom stereocenters. The van der Waals surface area contributed by atoms with Crippen LogP contribution >= 0.6 is 22.6 Å². The second-order valence-corrected chi connectivity index (χ2v) is 7.55. The van der Waals surface area contributed by atoms with Crippen molar-refractivity contribution in [2.75, 3.05) is 13.7 Å². The summed E-state index contributed by atoms with van der Waals surface area (Å²) in [4.78, 5) is 0. The van der Waals surface area contributed by atoms with Gasteiger partial charge in [-0.1, -0.05) is 36.4 Å². The molecule has 1 aliphatic rings. The van der Waals surface area contributed by atoms with Gasteiger partial charge in [0.05, 0.1) is 0 Å². The van der Waals surface area contributed by atoms with Crippen LogP contribution in [0, 0.1) is 9.49 Å². The number of methoxy groups -OCH3 is 1. The third kappa shape index (κ3) is 3.90. The summed E-state index contributed by atoms with van der Waals surface area (Å²) in [6.07, 6.45) is 5.21. The lowest BCUT2D eigenvalue weighted by Gasteiger charge is -2.28. The summed E-state index contributed by atoms with van der Waals surface area (Å²) in [6.45, 7) is 0.929. The maximum atomic E-state index is 5.29. The predicted octanol–water partition coefficient (Wildman–Crippen LogP) is 5.88. The van der Waals surface area contributed by atoms with E-state index in [0.717, 1.165) is 18.4 Å². The van der Waals surface area contributed by atoms with Crippen LogP contribution in [-0.2, 0) is 4.74 Å². The molecular weight excluding hydrogens is 383 g/mol. The number of halogens is 1. The molecule has 0 bridgehead atoms. The van der Waals surface area contributed by atoms with E-state index in [2.05, 4.69) is 71.1 Å². The van der Waals surface area contributed by atoms with Crippen molar-refractivity contribution < 1.29 is 4.74 Å². The van der Waals surface area contributed by atoms with Gasteiger partial charge < -0.3 is 4.74 Å². The van der Waals surface area contributed by atoms with Crippen molar-refractivity contribution in [2.45, 2.75) is 31.6 Å². The minimum absolute atomic E-state index is 0.735. The number of benzene rings is 2. The van der Waals surface area contributed by atoms with Crippen LogP contribution in [0.15, 0.2) is 48.5 Å². The smallest absolute Gasteiger partial charge is 0.0490 e. The van der Waals surface area contributed by atoms with E-state index in [4.69, 9.17) is 4.74 Å². The number of ether oxygens (including phenoxy) is 1. The summed E-state index contributed by atoms with van der Waals surface area (Å²) in [5.74, 6) is 1.51. The molecule has 0 amide bonds. The Hall–Kier alpha value is -0.870. The summed E-state index contributed by atoms with van der Waals surface area (Å²) in [7, 11) is 1.81. The van der Waals surface area contributed by atoms with Crippen LogP contribution in [0.2, 0.25) is 0 Å². The summed E-state index contributed by atoms with van der Waals surface area (Å²) in [5.41, 5.74) is 4.12. The standard InChI is InChI=1S/C20H23IO/c1-22-14-15-2-4-16(5-3-15)17-6-8-18(9-7-17)19-10-12-20(21)13-11-19/h6-13,15-16H,2-5,14H2,1H3/t15-,16-. The van der Waals surface area contributed by atoms with Gasteiger partial charge in [-0.05, 0) is 88.9 Å². The topological polar surface area (TPSA) is 9.23 Å². The zero-order chi connectivity index (χ0) is 15.4. The van der Waals surface area contributed by atoms with Crippen LogP contribution in [0.5, 0.6) is 0 Å². The zero-order valence-electron chi connectivity index (χ0n) is 13.1. The van der Waals surface area contributed by atoms with E-state index in [0.29, 0.717) is 0 Å². The van der Waals surface area contributed by atoms with Gasteiger partial charge in [-0.25, -0.2) is 0 Å². The zero-order valence-corrected chi connectivity index (χ0v) is 15.3. The molecule has 22 heavy (non-hydrogen) atoms. The summed E-state index contributed by atoms with van der Waals surface area (Å²) >= 11 is 2.35. The maximum Gasteiger partial charge on any atom is 0.0490 e. The Morgan fingerprint density at radius 3 is 1.95 bits per heavy atom. The molecular formula is C20H23IO. The van der Waals surface area contributed by atoms with Crippen molar-refractivity contribution in [2.24, 2.45) is 5.92 Å². The van der Waals surface area contributed by atoms with Gasteiger partial charge in [0.2, 0.25) is 0 Å². The molecule has 0 spiro atoms. The summed E-state index contributed by atoms with van der Waals surface area (Å²) in [5, 5.41) is 0. The van der Waals surface area contributed by atoms with E-state index in [-0.39, 0.29) is 0 Å². The fourth-order valence-corrected chi connectivity index (χ4v) is 3.85. The van der Waals surface area contributed by atoms with Gasteiger partial charge in [0.25, 0.3) is 0 Å². The van der Waals surface area contributed by atoms with Crippen molar-refractivity contribution in [3.63, 3.8) is 0 Å². The molecule has 2 heteroatoms. The normalized spacial score (nSPS) is 21.7. The van der Waals surface area contributed by atoms with E-state index in [9.17, 15) is 0 Å². The van der Waals surface area contributed by atoms with Crippen LogP contribution in [0.3, 0.4) is 0 Å². The lowest BCUT2D eigenvalue weighted by molar-refractivity contribution is 0.127. The molecule has 0 aliphatic heterocycles. The SMILES string of the molecule is COC[C@H]1CC[C@H](c2ccc(-c3ccc(I)cc3)cc2)CC1. The first-order valence-corrected chi connectivity index (χ1v) is 9.19. The number of hydrogen-bond donors (Lipinski definition) is 0. The monoisotopic (exact) mass is 406 g/mol. The van der Waals surface area contributed by atoms with Gasteiger partial charge in [0.1, 0.15) is 0 Å². The van der Waals surface area contributed by atoms with Crippen LogP contribution in [0.1, 0.15) is 37.2 Å². The third-order valence-electron chi connectivity index (χ3n) is 4.81. The van der Waals surface area contributed by atoms with Gasteiger partial charge >= 0.3 is 0 Å². The highest BCUT2D eigenvalue weighted by Gasteiger charge is 2.22. The number of rotatable bonds is 4. The van der Waals surface area contributed by atoms with Crippen molar-refractivity contribution in [1.29, 1.82) is 0 Å². The van der Waals surface area contributed by atoms with E-state index in [1.54, 1.807) is 0 Å². The molecule has 116 valence electrons. The molecule has 0 atom stereocenters. The summed E-state index contributed by atoms with van der Waals surface area (Å²) in [6, 6.07) is 17.9. The Morgan fingerprint density at radius 2 is 1.41 bits per heavy atom. The van der Waals surface area contributed by atoms with E-state index >= 15 is 0 Å². The first-order chi connectivity index (χ1) is 10.8. The van der Waals surface area contributed by atoms with Crippen molar-refractivity contribution >= 4 is 22.6 Å². The molecule has 0 heterocycles. The Kier molecular flexibility index (Phi) is 5.53. The lowest BCUT2D eigenvalue weighted by Crippen LogP contribution is -2.17. The average Bonchev–Trinajstić information content (AvgIpc) is 2.57. The largest absolute Gasteiger partial charge is 0.384 e. The van der Waals surface area contributed by atoms with Crippen LogP contribution < -0.4 is 0 Å². The van der Waals surface area contributed by atoms with E-state index < -0.39 is 0 Å². The fourth-order valence-electron chi connectivity index (χ4n) is 3.49. The van der Waals surface area contributed by atoms with E-state index in [1.807, 2.05) is 7.11 Å². The Balaban J connectivity index is 1.66. The number of hydrogen-bond acceptors (Lipinski definition) is 1. The second kappa shape index (κ2) is 7.60. The molecule has 2 aromatic rings. The molecule has 0 aromatic heterocycles. The molecule has 2 aromatic carbocycles. The predicted molar refractivity (Wildman–Crippen MR) is 101 cm³/mol. The van der Waals surface area contributed by atoms with E-state index in [1.165, 1.54) is 45.9 Å². The quantitative estimate of drug-likeness (QED) is 0.577. The molecule has 1 nitrogen and oxygen atoms in total. The first kappa shape index (κ1) is 16.0. The minimum atomic E-state index is 0.735. The molecule has 0 N–H and O–H groups in total. The Bertz CT molecular complexity index is 580. The van der Waals surface area contributed by atoms with Gasteiger partial charge in [-0.3, -0.25) is 0 Å². The molecule has 1 saturated carbocycles. The van der Waals surface area contributed by atoms with Crippen molar-refractivity contribution in [3.8, 4) is 11.1 Å². The van der Waals surface area contributed by atoms with Gasteiger partial charge in [-0.2, -0.15) is 0 Å². The highest BCUT2D eigenvalue weighted by molar-refractivity contribution is 14.1. The van der Waals surface area contributed by atoms with Crippen molar-refractivity contribution in [1.82, 2.24) is 0 Å². The van der Waals surface area contributed by atoms with Gasteiger partial charge in [0, 0.05) is 17.3 Å². The van der Waals surface area contributed by atoms with Crippen LogP contribution in [-0.4, -0.2) is 13.7 Å². The molecule has 0 saturated heterocycles. The fraction of sp³-hybridized carbons (Fsp3) is 0.400. The highest BCUT2D eigenvalue weighted by atomic mass is 127. The molecule has 0 radical (unpaired) electrons. The average molecular weight is 406 g/mol. The summed E-state index contributed by atoms with van der Waals surface area (Å²) < 4.78 is 6.58. The molecule has 1 aliphatic carbocycles. The van der Waals surface area contributed by atoms with Crippen LogP contribution in [0.25, 0.3) is 11.1 Å². The maximum absolute atomic E-state index is 5.29. The highest BCUT2D eigenvalue weighted by Crippen LogP contribution is 2.36. The Labute approximate surface area is 147 Å². The lowest BCUT2D eigenvalue weighted by atomic mass is 9.79. The van der Waals surface area contributed by atoms with Gasteiger partial charge in [0.15, 0.2) is 0 Å². The third-order valence-corrected chi connectivity index (χ3v) is 5.53. The van der Waals surface area contributed by atoms with Crippen molar-refractivity contribution in [3.05, 3.63) is 57.7 Å². The Morgan fingerprint density at radius 1 is 0.864 bits per heavy atom. The van der Waals surface area contributed by atoms with Gasteiger partial charge in [-0.15, -0.1) is 0 Å². The molecule has 1 fully saturated rings. The second-order valence-electron chi connectivity index (χ2n) is 6.30.